The van der Waals surface area contributed by atoms with Crippen molar-refractivity contribution in [2.45, 2.75) is 20.4 Å². The van der Waals surface area contributed by atoms with Gasteiger partial charge in [-0.15, -0.1) is 5.10 Å². The zero-order chi connectivity index (χ0) is 19.7. The quantitative estimate of drug-likeness (QED) is 0.591. The number of hydrogen-bond donors (Lipinski definition) is 1. The summed E-state index contributed by atoms with van der Waals surface area (Å²) in [6.07, 6.45) is 1.34. The maximum absolute atomic E-state index is 12.7. The monoisotopic (exact) mass is 374 g/mol. The van der Waals surface area contributed by atoms with Gasteiger partial charge in [-0.3, -0.25) is 14.2 Å². The van der Waals surface area contributed by atoms with Crippen LogP contribution in [0.5, 0.6) is 0 Å². The van der Waals surface area contributed by atoms with Gasteiger partial charge in [0.05, 0.1) is 5.69 Å². The first-order chi connectivity index (χ1) is 13.5. The minimum atomic E-state index is -0.414. The lowest BCUT2D eigenvalue weighted by Gasteiger charge is -2.09. The Balaban J connectivity index is 1.60. The fraction of sp³-hybridized carbons (Fsp3) is 0.150. The molecule has 0 spiro atoms. The zero-order valence-corrected chi connectivity index (χ0v) is 15.5. The molecule has 2 aromatic carbocycles. The molecule has 0 atom stereocenters. The average molecular weight is 374 g/mol. The molecule has 2 aromatic heterocycles. The maximum Gasteiger partial charge on any atom is 0.284 e. The van der Waals surface area contributed by atoms with Crippen LogP contribution in [0.4, 0.5) is 5.69 Å². The Labute approximate surface area is 160 Å². The van der Waals surface area contributed by atoms with Gasteiger partial charge in [0, 0.05) is 5.69 Å². The van der Waals surface area contributed by atoms with Gasteiger partial charge in [-0.05, 0) is 49.2 Å². The molecule has 1 amide bonds. The number of aryl methyl sites for hydroxylation is 2. The summed E-state index contributed by atoms with van der Waals surface area (Å²) in [7, 11) is 0. The molecule has 0 aliphatic rings. The summed E-state index contributed by atoms with van der Waals surface area (Å²) in [5, 5.41) is 10.8. The molecule has 8 nitrogen and oxygen atoms in total. The number of anilines is 1. The van der Waals surface area contributed by atoms with Gasteiger partial charge >= 0.3 is 0 Å². The number of carbonyl (C=O) groups is 1. The standard InChI is InChI=1S/C20H18N6O2/c1-13-8-14(2)10-15(9-13)22-17(27)11-25-12-21-19-18(20(25)28)23-24-26(19)16-6-4-3-5-7-16/h3-10,12H,11H2,1-2H3,(H,22,27). The molecule has 0 fully saturated rings. The summed E-state index contributed by atoms with van der Waals surface area (Å²) in [6, 6.07) is 15.1. The predicted molar refractivity (Wildman–Crippen MR) is 105 cm³/mol. The van der Waals surface area contributed by atoms with Gasteiger partial charge in [-0.1, -0.05) is 29.5 Å². The average Bonchev–Trinajstić information content (AvgIpc) is 3.09. The normalized spacial score (nSPS) is 10.9. The summed E-state index contributed by atoms with van der Waals surface area (Å²) in [5.41, 5.74) is 3.60. The predicted octanol–water partition coefficient (Wildman–Crippen LogP) is 2.23. The van der Waals surface area contributed by atoms with E-state index in [0.29, 0.717) is 11.3 Å². The van der Waals surface area contributed by atoms with Crippen molar-refractivity contribution in [3.05, 3.63) is 76.3 Å². The van der Waals surface area contributed by atoms with E-state index in [2.05, 4.69) is 20.6 Å². The van der Waals surface area contributed by atoms with E-state index in [1.165, 1.54) is 15.6 Å². The second-order valence-corrected chi connectivity index (χ2v) is 6.61. The molecule has 0 radical (unpaired) electrons. The molecular formula is C20H18N6O2. The van der Waals surface area contributed by atoms with Crippen molar-refractivity contribution >= 4 is 22.8 Å². The number of carbonyl (C=O) groups excluding carboxylic acids is 1. The van der Waals surface area contributed by atoms with Gasteiger partial charge in [-0.25, -0.2) is 4.98 Å². The fourth-order valence-electron chi connectivity index (χ4n) is 3.10. The molecular weight excluding hydrogens is 356 g/mol. The van der Waals surface area contributed by atoms with Crippen LogP contribution in [0.15, 0.2) is 59.7 Å². The van der Waals surface area contributed by atoms with E-state index in [1.54, 1.807) is 0 Å². The first-order valence-corrected chi connectivity index (χ1v) is 8.76. The molecule has 0 aliphatic carbocycles. The number of fused-ring (bicyclic) bond motifs is 1. The topological polar surface area (TPSA) is 94.7 Å². The number of amides is 1. The third-order valence-corrected chi connectivity index (χ3v) is 4.25. The highest BCUT2D eigenvalue weighted by atomic mass is 16.2. The van der Waals surface area contributed by atoms with Crippen molar-refractivity contribution < 1.29 is 4.79 Å². The van der Waals surface area contributed by atoms with Crippen LogP contribution in [0, 0.1) is 13.8 Å². The van der Waals surface area contributed by atoms with Gasteiger partial charge in [0.1, 0.15) is 12.9 Å². The van der Waals surface area contributed by atoms with Gasteiger partial charge in [0.25, 0.3) is 5.56 Å². The van der Waals surface area contributed by atoms with E-state index in [9.17, 15) is 9.59 Å². The number of nitrogens with one attached hydrogen (secondary N) is 1. The Hall–Kier alpha value is -3.81. The second-order valence-electron chi connectivity index (χ2n) is 6.61. The Morgan fingerprint density at radius 3 is 2.50 bits per heavy atom. The van der Waals surface area contributed by atoms with Crippen LogP contribution in [-0.4, -0.2) is 30.5 Å². The Morgan fingerprint density at radius 2 is 1.79 bits per heavy atom. The molecule has 0 unspecified atom stereocenters. The number of rotatable bonds is 4. The van der Waals surface area contributed by atoms with E-state index in [-0.39, 0.29) is 18.0 Å². The van der Waals surface area contributed by atoms with Crippen molar-refractivity contribution in [3.8, 4) is 5.69 Å². The molecule has 0 bridgehead atoms. The van der Waals surface area contributed by atoms with Crippen LogP contribution in [0.3, 0.4) is 0 Å². The molecule has 140 valence electrons. The lowest BCUT2D eigenvalue weighted by molar-refractivity contribution is -0.116. The molecule has 0 saturated heterocycles. The molecule has 8 heteroatoms. The van der Waals surface area contributed by atoms with Crippen molar-refractivity contribution in [1.82, 2.24) is 24.5 Å². The molecule has 2 heterocycles. The number of hydrogen-bond acceptors (Lipinski definition) is 5. The largest absolute Gasteiger partial charge is 0.325 e. The first kappa shape index (κ1) is 17.6. The van der Waals surface area contributed by atoms with E-state index >= 15 is 0 Å². The minimum Gasteiger partial charge on any atom is -0.325 e. The highest BCUT2D eigenvalue weighted by Crippen LogP contribution is 2.14. The molecule has 4 aromatic rings. The zero-order valence-electron chi connectivity index (χ0n) is 15.5. The third kappa shape index (κ3) is 3.39. The molecule has 28 heavy (non-hydrogen) atoms. The summed E-state index contributed by atoms with van der Waals surface area (Å²) < 4.78 is 2.72. The Morgan fingerprint density at radius 1 is 1.07 bits per heavy atom. The summed E-state index contributed by atoms with van der Waals surface area (Å²) in [6.45, 7) is 3.76. The SMILES string of the molecule is Cc1cc(C)cc(NC(=O)Cn2cnc3c(nnn3-c3ccccc3)c2=O)c1. The van der Waals surface area contributed by atoms with Crippen LogP contribution in [0.1, 0.15) is 11.1 Å². The van der Waals surface area contributed by atoms with Gasteiger partial charge in [0.2, 0.25) is 5.91 Å². The number of benzene rings is 2. The van der Waals surface area contributed by atoms with Gasteiger partial charge < -0.3 is 5.32 Å². The fourth-order valence-corrected chi connectivity index (χ4v) is 3.10. The summed E-state index contributed by atoms with van der Waals surface area (Å²) in [4.78, 5) is 29.4. The first-order valence-electron chi connectivity index (χ1n) is 8.76. The smallest absolute Gasteiger partial charge is 0.284 e. The van der Waals surface area contributed by atoms with Crippen LogP contribution in [-0.2, 0) is 11.3 Å². The van der Waals surface area contributed by atoms with Crippen LogP contribution in [0.25, 0.3) is 16.9 Å². The maximum atomic E-state index is 12.7. The van der Waals surface area contributed by atoms with E-state index in [0.717, 1.165) is 16.8 Å². The lowest BCUT2D eigenvalue weighted by atomic mass is 10.1. The Bertz CT molecular complexity index is 1210. The second kappa shape index (κ2) is 7.07. The van der Waals surface area contributed by atoms with Crippen molar-refractivity contribution in [2.24, 2.45) is 0 Å². The van der Waals surface area contributed by atoms with Crippen LogP contribution >= 0.6 is 0 Å². The lowest BCUT2D eigenvalue weighted by Crippen LogP contribution is -2.28. The van der Waals surface area contributed by atoms with Gasteiger partial charge in [0.15, 0.2) is 11.2 Å². The minimum absolute atomic E-state index is 0.116. The third-order valence-electron chi connectivity index (χ3n) is 4.25. The van der Waals surface area contributed by atoms with Crippen LogP contribution < -0.4 is 10.9 Å². The van der Waals surface area contributed by atoms with E-state index < -0.39 is 5.56 Å². The summed E-state index contributed by atoms with van der Waals surface area (Å²) >= 11 is 0. The van der Waals surface area contributed by atoms with E-state index in [4.69, 9.17) is 0 Å². The van der Waals surface area contributed by atoms with Crippen molar-refractivity contribution in [2.75, 3.05) is 5.32 Å². The molecule has 4 rings (SSSR count). The summed E-state index contributed by atoms with van der Waals surface area (Å²) in [5.74, 6) is -0.316. The van der Waals surface area contributed by atoms with Gasteiger partial charge in [-0.2, -0.15) is 4.68 Å². The highest BCUT2D eigenvalue weighted by molar-refractivity contribution is 5.90. The molecule has 0 saturated carbocycles. The Kier molecular flexibility index (Phi) is 4.44. The van der Waals surface area contributed by atoms with Crippen LogP contribution in [0.2, 0.25) is 0 Å². The number of aromatic nitrogens is 5. The number of para-hydroxylation sites is 1. The van der Waals surface area contributed by atoms with E-state index in [1.807, 2.05) is 62.4 Å². The molecule has 1 N–H and O–H groups in total. The molecule has 0 aliphatic heterocycles. The number of nitrogens with zero attached hydrogens (tertiary/aromatic N) is 5. The van der Waals surface area contributed by atoms with Crippen molar-refractivity contribution in [3.63, 3.8) is 0 Å². The highest BCUT2D eigenvalue weighted by Gasteiger charge is 2.14. The van der Waals surface area contributed by atoms with Crippen molar-refractivity contribution in [1.29, 1.82) is 0 Å².